The monoisotopic (exact) mass is 424 g/mol. The number of aliphatic hydroxyl groups is 1. The molecule has 3 N–H and O–H groups in total. The topological polar surface area (TPSA) is 127 Å². The Morgan fingerprint density at radius 1 is 1.37 bits per heavy atom. The summed E-state index contributed by atoms with van der Waals surface area (Å²) in [6.07, 6.45) is -1.46. The first-order chi connectivity index (χ1) is 14.2. The molecule has 11 heteroatoms. The Bertz CT molecular complexity index is 837. The number of amides is 3. The molecule has 2 aliphatic rings. The Morgan fingerprint density at radius 2 is 2.10 bits per heavy atom. The van der Waals surface area contributed by atoms with Gasteiger partial charge in [0, 0.05) is 13.1 Å². The molecule has 10 nitrogen and oxygen atoms in total. The zero-order valence-corrected chi connectivity index (χ0v) is 16.8. The van der Waals surface area contributed by atoms with E-state index in [4.69, 9.17) is 9.84 Å². The van der Waals surface area contributed by atoms with E-state index in [1.165, 1.54) is 11.0 Å². The lowest BCUT2D eigenvalue weighted by molar-refractivity contribution is -0.768. The van der Waals surface area contributed by atoms with Gasteiger partial charge >= 0.3 is 12.0 Å². The van der Waals surface area contributed by atoms with E-state index in [1.54, 1.807) is 17.0 Å². The van der Waals surface area contributed by atoms with Crippen molar-refractivity contribution in [2.45, 2.75) is 26.0 Å². The number of aliphatic hydroxyl groups excluding tert-OH is 1. The molecule has 1 aromatic carbocycles. The van der Waals surface area contributed by atoms with Crippen LogP contribution in [0.25, 0.3) is 0 Å². The number of carbonyl (C=O) groups is 3. The van der Waals surface area contributed by atoms with Crippen molar-refractivity contribution in [1.82, 2.24) is 5.32 Å². The van der Waals surface area contributed by atoms with Gasteiger partial charge in [0.2, 0.25) is 5.91 Å². The maximum Gasteiger partial charge on any atom is 0.414 e. The number of ether oxygens (including phenoxy) is 1. The highest BCUT2D eigenvalue weighted by atomic mass is 19.1. The van der Waals surface area contributed by atoms with Gasteiger partial charge in [0.05, 0.1) is 30.9 Å². The highest BCUT2D eigenvalue weighted by Crippen LogP contribution is 2.31. The lowest BCUT2D eigenvalue weighted by Crippen LogP contribution is -3.10. The van der Waals surface area contributed by atoms with Crippen LogP contribution in [-0.4, -0.2) is 67.9 Å². The fourth-order valence-corrected chi connectivity index (χ4v) is 3.71. The fourth-order valence-electron chi connectivity index (χ4n) is 3.71. The van der Waals surface area contributed by atoms with Crippen LogP contribution in [0.3, 0.4) is 0 Å². The molecule has 30 heavy (non-hydrogen) atoms. The molecule has 1 aromatic rings. The molecule has 0 aromatic heterocycles. The molecule has 0 spiro atoms. The molecule has 1 unspecified atom stereocenters. The lowest BCUT2D eigenvalue weighted by atomic mass is 10.1. The summed E-state index contributed by atoms with van der Waals surface area (Å²) in [6, 6.07) is 4.14. The van der Waals surface area contributed by atoms with Crippen molar-refractivity contribution in [3.8, 4) is 0 Å². The van der Waals surface area contributed by atoms with Gasteiger partial charge in [-0.05, 0) is 24.1 Å². The molecule has 2 saturated heterocycles. The zero-order chi connectivity index (χ0) is 22.0. The number of hydroxylamine groups is 2. The average Bonchev–Trinajstić information content (AvgIpc) is 3.23. The number of rotatable bonds is 6. The fraction of sp³-hybridized carbons (Fsp3) is 0.526. The maximum atomic E-state index is 14.8. The van der Waals surface area contributed by atoms with Gasteiger partial charge in [0.15, 0.2) is 6.10 Å². The number of anilines is 2. The largest absolute Gasteiger partial charge is 0.627 e. The second kappa shape index (κ2) is 8.94. The summed E-state index contributed by atoms with van der Waals surface area (Å²) >= 11 is 0. The van der Waals surface area contributed by atoms with Crippen LogP contribution >= 0.6 is 0 Å². The van der Waals surface area contributed by atoms with Gasteiger partial charge in [0.25, 0.3) is 0 Å². The minimum absolute atomic E-state index is 0.0483. The van der Waals surface area contributed by atoms with Crippen molar-refractivity contribution >= 4 is 29.3 Å². The van der Waals surface area contributed by atoms with Crippen LogP contribution in [0.1, 0.15) is 13.8 Å². The minimum Gasteiger partial charge on any atom is -0.627 e. The molecule has 3 amide bonds. The third-order valence-corrected chi connectivity index (χ3v) is 5.37. The first kappa shape index (κ1) is 21.9. The molecule has 2 aliphatic heterocycles. The molecule has 2 fully saturated rings. The molecule has 0 bridgehead atoms. The van der Waals surface area contributed by atoms with Crippen LogP contribution in [0, 0.1) is 16.9 Å². The molecule has 4 atom stereocenters. The number of hydrogen-bond acceptors (Lipinski definition) is 7. The number of benzene rings is 1. The maximum absolute atomic E-state index is 14.8. The van der Waals surface area contributed by atoms with E-state index in [-0.39, 0.29) is 30.7 Å². The van der Waals surface area contributed by atoms with Crippen molar-refractivity contribution < 1.29 is 33.7 Å². The molecular weight excluding hydrogens is 399 g/mol. The van der Waals surface area contributed by atoms with E-state index in [0.717, 1.165) is 6.92 Å². The van der Waals surface area contributed by atoms with Crippen molar-refractivity contribution in [2.24, 2.45) is 5.92 Å². The van der Waals surface area contributed by atoms with E-state index in [0.29, 0.717) is 18.8 Å². The van der Waals surface area contributed by atoms with E-state index >= 15 is 0 Å². The SMILES string of the molecule is CC(=O)[NH+]([O-])C[C@@H]1CN(c2ccc(N3C[C@@H](C)[C@@H](NC(=O)CO)C3)c(F)c2)C(=O)O1. The molecular formula is C19H25FN4O6. The van der Waals surface area contributed by atoms with Gasteiger partial charge in [-0.3, -0.25) is 9.69 Å². The lowest BCUT2D eigenvalue weighted by Gasteiger charge is -2.22. The first-order valence-electron chi connectivity index (χ1n) is 9.66. The van der Waals surface area contributed by atoms with Gasteiger partial charge in [-0.2, -0.15) is 0 Å². The van der Waals surface area contributed by atoms with Crippen LogP contribution in [-0.2, 0) is 14.3 Å². The van der Waals surface area contributed by atoms with Crippen LogP contribution in [0.15, 0.2) is 18.2 Å². The summed E-state index contributed by atoms with van der Waals surface area (Å²) in [7, 11) is 0. The number of halogens is 1. The van der Waals surface area contributed by atoms with E-state index in [2.05, 4.69) is 5.32 Å². The van der Waals surface area contributed by atoms with Crippen LogP contribution < -0.4 is 20.2 Å². The third kappa shape index (κ3) is 4.69. The second-order valence-electron chi connectivity index (χ2n) is 7.65. The van der Waals surface area contributed by atoms with Gasteiger partial charge < -0.3 is 30.3 Å². The van der Waals surface area contributed by atoms with E-state index in [1.807, 2.05) is 6.92 Å². The second-order valence-corrected chi connectivity index (χ2v) is 7.65. The number of nitrogens with zero attached hydrogens (tertiary/aromatic N) is 2. The normalized spacial score (nSPS) is 24.7. The number of carbonyl (C=O) groups excluding carboxylic acids is 3. The van der Waals surface area contributed by atoms with Gasteiger partial charge in [-0.15, -0.1) is 0 Å². The number of cyclic esters (lactones) is 1. The molecule has 2 heterocycles. The Balaban J connectivity index is 1.68. The highest BCUT2D eigenvalue weighted by molar-refractivity contribution is 5.90. The summed E-state index contributed by atoms with van der Waals surface area (Å²) < 4.78 is 19.9. The van der Waals surface area contributed by atoms with Crippen LogP contribution in [0.4, 0.5) is 20.6 Å². The summed E-state index contributed by atoms with van der Waals surface area (Å²) in [5, 5.41) is 22.6. The molecule has 0 saturated carbocycles. The zero-order valence-electron chi connectivity index (χ0n) is 16.8. The Labute approximate surface area is 172 Å². The Morgan fingerprint density at radius 3 is 2.73 bits per heavy atom. The van der Waals surface area contributed by atoms with Crippen molar-refractivity contribution in [3.63, 3.8) is 0 Å². The van der Waals surface area contributed by atoms with Crippen LogP contribution in [0.2, 0.25) is 0 Å². The minimum atomic E-state index is -0.757. The number of quaternary nitrogens is 1. The van der Waals surface area contributed by atoms with Gasteiger partial charge in [-0.25, -0.2) is 14.0 Å². The van der Waals surface area contributed by atoms with Gasteiger partial charge in [-0.1, -0.05) is 6.92 Å². The highest BCUT2D eigenvalue weighted by Gasteiger charge is 2.36. The summed E-state index contributed by atoms with van der Waals surface area (Å²) in [5.74, 6) is -1.55. The quantitative estimate of drug-likeness (QED) is 0.501. The number of hydrogen-bond donors (Lipinski definition) is 3. The van der Waals surface area contributed by atoms with E-state index in [9.17, 15) is 24.0 Å². The van der Waals surface area contributed by atoms with E-state index < -0.39 is 41.5 Å². The molecule has 0 radical (unpaired) electrons. The summed E-state index contributed by atoms with van der Waals surface area (Å²) in [6.45, 7) is 3.24. The van der Waals surface area contributed by atoms with Crippen molar-refractivity contribution in [2.75, 3.05) is 42.6 Å². The smallest absolute Gasteiger partial charge is 0.414 e. The standard InChI is InChI=1S/C19H25FN4O6/c1-11-6-22(9-16(11)21-18(27)10-25)17-4-3-13(5-15(17)20)23-7-14(30-19(23)28)8-24(29)12(2)26/h3-5,11,14,16,24-25H,6-10H2,1-2H3,(H,21,27)/t11-,14+,16+/m1/s1. The number of nitrogens with one attached hydrogen (secondary N) is 2. The summed E-state index contributed by atoms with van der Waals surface area (Å²) in [5.41, 5.74) is 0.624. The predicted molar refractivity (Wildman–Crippen MR) is 104 cm³/mol. The predicted octanol–water partition coefficient (Wildman–Crippen LogP) is -0.987. The van der Waals surface area contributed by atoms with Gasteiger partial charge in [0.1, 0.15) is 19.0 Å². The summed E-state index contributed by atoms with van der Waals surface area (Å²) in [4.78, 5) is 37.7. The molecule has 3 rings (SSSR count). The van der Waals surface area contributed by atoms with Crippen molar-refractivity contribution in [1.29, 1.82) is 0 Å². The molecule has 0 aliphatic carbocycles. The first-order valence-corrected chi connectivity index (χ1v) is 9.66. The Hall–Kier alpha value is -2.76. The Kier molecular flexibility index (Phi) is 6.54. The van der Waals surface area contributed by atoms with Crippen molar-refractivity contribution in [3.05, 3.63) is 29.2 Å². The molecule has 164 valence electrons. The third-order valence-electron chi connectivity index (χ3n) is 5.37. The average molecular weight is 424 g/mol. The van der Waals surface area contributed by atoms with Crippen LogP contribution in [0.5, 0.6) is 0 Å².